The number of benzene rings is 1. The standard InChI is InChI=1S/C17H27NO2/c1-5-17(3,4)12-7-9-13(10-8-12)20-15-11-14(18)16(15)19-6-2/h7-10,14-16H,5-6,11,18H2,1-4H3. The smallest absolute Gasteiger partial charge is 0.128 e. The first-order valence-electron chi connectivity index (χ1n) is 7.62. The lowest BCUT2D eigenvalue weighted by molar-refractivity contribution is -0.0945. The summed E-state index contributed by atoms with van der Waals surface area (Å²) in [7, 11) is 0. The van der Waals surface area contributed by atoms with E-state index in [0.29, 0.717) is 6.61 Å². The molecule has 0 amide bonds. The zero-order valence-corrected chi connectivity index (χ0v) is 13.1. The maximum absolute atomic E-state index is 5.98. The summed E-state index contributed by atoms with van der Waals surface area (Å²) >= 11 is 0. The van der Waals surface area contributed by atoms with E-state index in [0.717, 1.165) is 18.6 Å². The molecule has 1 aliphatic carbocycles. The largest absolute Gasteiger partial charge is 0.488 e. The molecule has 0 saturated heterocycles. The molecule has 2 N–H and O–H groups in total. The Kier molecular flexibility index (Phi) is 4.71. The van der Waals surface area contributed by atoms with Crippen LogP contribution in [0.15, 0.2) is 24.3 Å². The van der Waals surface area contributed by atoms with Gasteiger partial charge in [0.2, 0.25) is 0 Å². The Labute approximate surface area is 122 Å². The third kappa shape index (κ3) is 3.15. The van der Waals surface area contributed by atoms with Crippen LogP contribution in [0, 0.1) is 0 Å². The number of nitrogens with two attached hydrogens (primary N) is 1. The Balaban J connectivity index is 1.98. The first kappa shape index (κ1) is 15.3. The second kappa shape index (κ2) is 6.15. The lowest BCUT2D eigenvalue weighted by Crippen LogP contribution is -2.59. The van der Waals surface area contributed by atoms with Crippen LogP contribution < -0.4 is 10.5 Å². The van der Waals surface area contributed by atoms with E-state index in [4.69, 9.17) is 15.2 Å². The van der Waals surface area contributed by atoms with Gasteiger partial charge in [-0.1, -0.05) is 32.9 Å². The van der Waals surface area contributed by atoms with Crippen molar-refractivity contribution in [2.24, 2.45) is 5.73 Å². The summed E-state index contributed by atoms with van der Waals surface area (Å²) in [5.74, 6) is 0.905. The second-order valence-electron chi connectivity index (χ2n) is 6.24. The number of hydrogen-bond acceptors (Lipinski definition) is 3. The van der Waals surface area contributed by atoms with Crippen molar-refractivity contribution in [3.8, 4) is 5.75 Å². The van der Waals surface area contributed by atoms with Crippen molar-refractivity contribution in [3.63, 3.8) is 0 Å². The maximum Gasteiger partial charge on any atom is 0.128 e. The molecule has 0 aliphatic heterocycles. The van der Waals surface area contributed by atoms with Gasteiger partial charge in [0.1, 0.15) is 18.0 Å². The Morgan fingerprint density at radius 1 is 1.20 bits per heavy atom. The van der Waals surface area contributed by atoms with Gasteiger partial charge in [-0.25, -0.2) is 0 Å². The zero-order valence-electron chi connectivity index (χ0n) is 13.1. The van der Waals surface area contributed by atoms with E-state index in [1.54, 1.807) is 0 Å². The summed E-state index contributed by atoms with van der Waals surface area (Å²) in [6.07, 6.45) is 2.12. The van der Waals surface area contributed by atoms with Gasteiger partial charge in [0.05, 0.1) is 0 Å². The molecule has 20 heavy (non-hydrogen) atoms. The maximum atomic E-state index is 5.98. The quantitative estimate of drug-likeness (QED) is 0.868. The lowest BCUT2D eigenvalue weighted by Gasteiger charge is -2.41. The highest BCUT2D eigenvalue weighted by Gasteiger charge is 2.41. The van der Waals surface area contributed by atoms with Gasteiger partial charge in [0.15, 0.2) is 0 Å². The van der Waals surface area contributed by atoms with Crippen LogP contribution in [0.5, 0.6) is 5.75 Å². The van der Waals surface area contributed by atoms with Crippen LogP contribution in [-0.2, 0) is 10.2 Å². The fourth-order valence-electron chi connectivity index (χ4n) is 2.52. The van der Waals surface area contributed by atoms with Gasteiger partial charge in [-0.15, -0.1) is 0 Å². The molecular formula is C17H27NO2. The first-order chi connectivity index (χ1) is 9.47. The van der Waals surface area contributed by atoms with Crippen molar-refractivity contribution in [1.82, 2.24) is 0 Å². The fraction of sp³-hybridized carbons (Fsp3) is 0.647. The molecule has 1 aromatic carbocycles. The highest BCUT2D eigenvalue weighted by atomic mass is 16.5. The van der Waals surface area contributed by atoms with E-state index < -0.39 is 0 Å². The summed E-state index contributed by atoms with van der Waals surface area (Å²) in [6, 6.07) is 8.54. The fourth-order valence-corrected chi connectivity index (χ4v) is 2.52. The van der Waals surface area contributed by atoms with Gasteiger partial charge in [-0.3, -0.25) is 0 Å². The minimum Gasteiger partial charge on any atom is -0.488 e. The van der Waals surface area contributed by atoms with Gasteiger partial charge in [0, 0.05) is 19.1 Å². The van der Waals surface area contributed by atoms with Gasteiger partial charge < -0.3 is 15.2 Å². The van der Waals surface area contributed by atoms with Crippen LogP contribution in [0.25, 0.3) is 0 Å². The van der Waals surface area contributed by atoms with Gasteiger partial charge in [0.25, 0.3) is 0 Å². The zero-order chi connectivity index (χ0) is 14.8. The summed E-state index contributed by atoms with van der Waals surface area (Å²) in [5, 5.41) is 0. The number of ether oxygens (including phenoxy) is 2. The Morgan fingerprint density at radius 2 is 1.85 bits per heavy atom. The molecule has 3 unspecified atom stereocenters. The summed E-state index contributed by atoms with van der Waals surface area (Å²) < 4.78 is 11.6. The average molecular weight is 277 g/mol. The highest BCUT2D eigenvalue weighted by molar-refractivity contribution is 5.32. The molecular weight excluding hydrogens is 250 g/mol. The van der Waals surface area contributed by atoms with E-state index in [-0.39, 0.29) is 23.7 Å². The summed E-state index contributed by atoms with van der Waals surface area (Å²) in [6.45, 7) is 9.41. The highest BCUT2D eigenvalue weighted by Crippen LogP contribution is 2.31. The van der Waals surface area contributed by atoms with Crippen LogP contribution >= 0.6 is 0 Å². The van der Waals surface area contributed by atoms with Crippen LogP contribution in [0.2, 0.25) is 0 Å². The second-order valence-corrected chi connectivity index (χ2v) is 6.24. The molecule has 1 aromatic rings. The summed E-state index contributed by atoms with van der Waals surface area (Å²) in [5.41, 5.74) is 7.51. The Morgan fingerprint density at radius 3 is 2.35 bits per heavy atom. The third-order valence-corrected chi connectivity index (χ3v) is 4.46. The molecule has 1 fully saturated rings. The molecule has 0 bridgehead atoms. The van der Waals surface area contributed by atoms with Crippen molar-refractivity contribution in [1.29, 1.82) is 0 Å². The van der Waals surface area contributed by atoms with E-state index in [2.05, 4.69) is 45.0 Å². The molecule has 2 rings (SSSR count). The monoisotopic (exact) mass is 277 g/mol. The topological polar surface area (TPSA) is 44.5 Å². The molecule has 3 nitrogen and oxygen atoms in total. The Bertz CT molecular complexity index is 427. The van der Waals surface area contributed by atoms with E-state index in [9.17, 15) is 0 Å². The lowest BCUT2D eigenvalue weighted by atomic mass is 9.82. The first-order valence-corrected chi connectivity index (χ1v) is 7.62. The SMILES string of the molecule is CCOC1C(N)CC1Oc1ccc(C(C)(C)CC)cc1. The molecule has 3 heteroatoms. The van der Waals surface area contributed by atoms with Crippen molar-refractivity contribution in [2.75, 3.05) is 6.61 Å². The molecule has 112 valence electrons. The predicted octanol–water partition coefficient (Wildman–Crippen LogP) is 3.26. The molecule has 0 spiro atoms. The van der Waals surface area contributed by atoms with Crippen LogP contribution in [0.1, 0.15) is 46.1 Å². The van der Waals surface area contributed by atoms with E-state index >= 15 is 0 Å². The molecule has 0 radical (unpaired) electrons. The Hall–Kier alpha value is -1.06. The molecule has 1 saturated carbocycles. The van der Waals surface area contributed by atoms with Crippen molar-refractivity contribution in [2.45, 2.75) is 64.2 Å². The normalized spacial score (nSPS) is 26.1. The minimum atomic E-state index is 0.0340. The van der Waals surface area contributed by atoms with E-state index in [1.165, 1.54) is 5.56 Å². The van der Waals surface area contributed by atoms with Crippen LogP contribution in [0.3, 0.4) is 0 Å². The van der Waals surface area contributed by atoms with E-state index in [1.807, 2.05) is 6.92 Å². The molecule has 0 heterocycles. The van der Waals surface area contributed by atoms with Crippen molar-refractivity contribution < 1.29 is 9.47 Å². The average Bonchev–Trinajstić information content (AvgIpc) is 2.45. The third-order valence-electron chi connectivity index (χ3n) is 4.46. The summed E-state index contributed by atoms with van der Waals surface area (Å²) in [4.78, 5) is 0. The predicted molar refractivity (Wildman–Crippen MR) is 82.2 cm³/mol. The van der Waals surface area contributed by atoms with Crippen molar-refractivity contribution in [3.05, 3.63) is 29.8 Å². The van der Waals surface area contributed by atoms with Crippen LogP contribution in [-0.4, -0.2) is 24.9 Å². The minimum absolute atomic E-state index is 0.0340. The van der Waals surface area contributed by atoms with Gasteiger partial charge >= 0.3 is 0 Å². The number of hydrogen-bond donors (Lipinski definition) is 1. The molecule has 3 atom stereocenters. The molecule has 0 aromatic heterocycles. The van der Waals surface area contributed by atoms with Crippen molar-refractivity contribution >= 4 is 0 Å². The molecule has 1 aliphatic rings. The van der Waals surface area contributed by atoms with Gasteiger partial charge in [-0.05, 0) is 36.5 Å². The number of rotatable bonds is 6. The van der Waals surface area contributed by atoms with Crippen LogP contribution in [0.4, 0.5) is 0 Å². The van der Waals surface area contributed by atoms with Gasteiger partial charge in [-0.2, -0.15) is 0 Å².